The lowest BCUT2D eigenvalue weighted by atomic mass is 10.0. The minimum Gasteiger partial charge on any atom is -0.406 e. The number of benzene rings is 1. The van der Waals surface area contributed by atoms with Crippen molar-refractivity contribution in [2.45, 2.75) is 31.9 Å². The fourth-order valence-corrected chi connectivity index (χ4v) is 1.70. The summed E-state index contributed by atoms with van der Waals surface area (Å²) < 4.78 is 45.3. The van der Waals surface area contributed by atoms with Gasteiger partial charge in [0, 0.05) is 7.11 Å². The average molecular weight is 263 g/mol. The first-order valence-electron chi connectivity index (χ1n) is 5.51. The molecule has 18 heavy (non-hydrogen) atoms. The Labute approximate surface area is 104 Å². The highest BCUT2D eigenvalue weighted by atomic mass is 19.4. The predicted molar refractivity (Wildman–Crippen MR) is 61.1 cm³/mol. The van der Waals surface area contributed by atoms with Crippen LogP contribution in [-0.2, 0) is 4.74 Å². The molecule has 1 rings (SSSR count). The van der Waals surface area contributed by atoms with Crippen molar-refractivity contribution in [3.63, 3.8) is 0 Å². The number of ether oxygens (including phenoxy) is 2. The summed E-state index contributed by atoms with van der Waals surface area (Å²) in [6.07, 6.45) is -4.28. The molecule has 1 aromatic rings. The summed E-state index contributed by atoms with van der Waals surface area (Å²) >= 11 is 0. The van der Waals surface area contributed by atoms with E-state index in [9.17, 15) is 13.2 Å². The molecular formula is C12H16F3NO2. The molecule has 0 heterocycles. The van der Waals surface area contributed by atoms with Crippen molar-refractivity contribution >= 4 is 0 Å². The van der Waals surface area contributed by atoms with Crippen molar-refractivity contribution in [1.29, 1.82) is 0 Å². The van der Waals surface area contributed by atoms with Gasteiger partial charge in [-0.2, -0.15) is 0 Å². The lowest BCUT2D eigenvalue weighted by Crippen LogP contribution is -2.27. The Kier molecular flexibility index (Phi) is 4.98. The van der Waals surface area contributed by atoms with Crippen LogP contribution >= 0.6 is 0 Å². The van der Waals surface area contributed by atoms with Gasteiger partial charge in [0.25, 0.3) is 0 Å². The van der Waals surface area contributed by atoms with Gasteiger partial charge in [-0.05, 0) is 24.1 Å². The Morgan fingerprint density at radius 2 is 2.00 bits per heavy atom. The Bertz CT molecular complexity index is 378. The summed E-state index contributed by atoms with van der Waals surface area (Å²) in [5, 5.41) is 0. The van der Waals surface area contributed by atoms with Crippen molar-refractivity contribution in [1.82, 2.24) is 0 Å². The molecule has 0 fully saturated rings. The molecule has 0 amide bonds. The van der Waals surface area contributed by atoms with Gasteiger partial charge in [0.05, 0.1) is 12.1 Å². The van der Waals surface area contributed by atoms with Crippen LogP contribution in [0.25, 0.3) is 0 Å². The normalized spacial score (nSPS) is 15.2. The molecule has 0 aliphatic heterocycles. The zero-order valence-electron chi connectivity index (χ0n) is 10.2. The van der Waals surface area contributed by atoms with Crippen molar-refractivity contribution in [2.75, 3.05) is 7.11 Å². The van der Waals surface area contributed by atoms with E-state index in [-0.39, 0.29) is 11.9 Å². The van der Waals surface area contributed by atoms with Crippen LogP contribution < -0.4 is 10.5 Å². The third-order valence-corrected chi connectivity index (χ3v) is 2.58. The second kappa shape index (κ2) is 6.06. The van der Waals surface area contributed by atoms with Crippen molar-refractivity contribution < 1.29 is 22.6 Å². The highest BCUT2D eigenvalue weighted by Crippen LogP contribution is 2.26. The van der Waals surface area contributed by atoms with Crippen LogP contribution in [-0.4, -0.2) is 19.6 Å². The molecule has 0 aliphatic carbocycles. The highest BCUT2D eigenvalue weighted by Gasteiger charge is 2.31. The van der Waals surface area contributed by atoms with Gasteiger partial charge in [-0.1, -0.05) is 19.1 Å². The highest BCUT2D eigenvalue weighted by molar-refractivity contribution is 5.31. The summed E-state index contributed by atoms with van der Waals surface area (Å²) in [6.45, 7) is 1.89. The van der Waals surface area contributed by atoms with E-state index < -0.39 is 12.4 Å². The number of hydrogen-bond acceptors (Lipinski definition) is 3. The summed E-state index contributed by atoms with van der Waals surface area (Å²) in [5.41, 5.74) is 6.48. The van der Waals surface area contributed by atoms with Gasteiger partial charge >= 0.3 is 6.36 Å². The minimum atomic E-state index is -4.70. The molecule has 3 nitrogen and oxygen atoms in total. The number of rotatable bonds is 5. The van der Waals surface area contributed by atoms with E-state index >= 15 is 0 Å². The van der Waals surface area contributed by atoms with Crippen LogP contribution in [0.15, 0.2) is 24.3 Å². The Hall–Kier alpha value is -1.27. The molecule has 0 aliphatic rings. The largest absolute Gasteiger partial charge is 0.573 e. The molecule has 6 heteroatoms. The number of halogens is 3. The zero-order valence-corrected chi connectivity index (χ0v) is 10.2. The molecule has 1 aromatic carbocycles. The van der Waals surface area contributed by atoms with Gasteiger partial charge in [0.2, 0.25) is 0 Å². The zero-order chi connectivity index (χ0) is 13.8. The van der Waals surface area contributed by atoms with Crippen LogP contribution in [0.5, 0.6) is 5.75 Å². The standard InChI is InChI=1S/C12H16F3NO2/c1-3-10(17-2)11(16)8-5-4-6-9(7-8)18-12(13,14)15/h4-7,10-11H,3,16H2,1-2H3. The summed E-state index contributed by atoms with van der Waals surface area (Å²) in [6, 6.07) is 5.14. The summed E-state index contributed by atoms with van der Waals surface area (Å²) in [7, 11) is 1.52. The van der Waals surface area contributed by atoms with Crippen molar-refractivity contribution in [3.05, 3.63) is 29.8 Å². The van der Waals surface area contributed by atoms with Crippen LogP contribution in [0, 0.1) is 0 Å². The van der Waals surface area contributed by atoms with E-state index in [4.69, 9.17) is 10.5 Å². The molecule has 2 unspecified atom stereocenters. The maximum Gasteiger partial charge on any atom is 0.573 e. The van der Waals surface area contributed by atoms with Gasteiger partial charge in [-0.15, -0.1) is 13.2 Å². The maximum absolute atomic E-state index is 12.1. The van der Waals surface area contributed by atoms with Crippen LogP contribution in [0.1, 0.15) is 24.9 Å². The van der Waals surface area contributed by atoms with E-state index in [2.05, 4.69) is 4.74 Å². The second-order valence-corrected chi connectivity index (χ2v) is 3.83. The molecule has 0 radical (unpaired) electrons. The second-order valence-electron chi connectivity index (χ2n) is 3.83. The Morgan fingerprint density at radius 1 is 1.33 bits per heavy atom. The Morgan fingerprint density at radius 3 is 2.50 bits per heavy atom. The average Bonchev–Trinajstić information content (AvgIpc) is 2.28. The third kappa shape index (κ3) is 4.19. The molecular weight excluding hydrogens is 247 g/mol. The first kappa shape index (κ1) is 14.8. The van der Waals surface area contributed by atoms with Gasteiger partial charge in [0.1, 0.15) is 5.75 Å². The van der Waals surface area contributed by atoms with Crippen molar-refractivity contribution in [3.8, 4) is 5.75 Å². The third-order valence-electron chi connectivity index (χ3n) is 2.58. The smallest absolute Gasteiger partial charge is 0.406 e. The van der Waals surface area contributed by atoms with E-state index in [1.54, 1.807) is 6.07 Å². The van der Waals surface area contributed by atoms with Crippen LogP contribution in [0.3, 0.4) is 0 Å². The van der Waals surface area contributed by atoms with E-state index in [0.29, 0.717) is 12.0 Å². The number of methoxy groups -OCH3 is 1. The van der Waals surface area contributed by atoms with E-state index in [1.165, 1.54) is 25.3 Å². The topological polar surface area (TPSA) is 44.5 Å². The van der Waals surface area contributed by atoms with Crippen molar-refractivity contribution in [2.24, 2.45) is 5.73 Å². The monoisotopic (exact) mass is 263 g/mol. The molecule has 0 aromatic heterocycles. The molecule has 0 bridgehead atoms. The molecule has 2 atom stereocenters. The van der Waals surface area contributed by atoms with E-state index in [1.807, 2.05) is 6.92 Å². The van der Waals surface area contributed by atoms with Gasteiger partial charge in [0.15, 0.2) is 0 Å². The maximum atomic E-state index is 12.1. The molecule has 0 saturated heterocycles. The lowest BCUT2D eigenvalue weighted by Gasteiger charge is -2.22. The number of hydrogen-bond donors (Lipinski definition) is 1. The van der Waals surface area contributed by atoms with Crippen LogP contribution in [0.4, 0.5) is 13.2 Å². The lowest BCUT2D eigenvalue weighted by molar-refractivity contribution is -0.274. The van der Waals surface area contributed by atoms with E-state index in [0.717, 1.165) is 0 Å². The molecule has 0 saturated carbocycles. The van der Waals surface area contributed by atoms with Crippen LogP contribution in [0.2, 0.25) is 0 Å². The fourth-order valence-electron chi connectivity index (χ4n) is 1.70. The first-order chi connectivity index (χ1) is 8.37. The number of nitrogens with two attached hydrogens (primary N) is 1. The van der Waals surface area contributed by atoms with Gasteiger partial charge in [-0.3, -0.25) is 0 Å². The molecule has 102 valence electrons. The molecule has 0 spiro atoms. The summed E-state index contributed by atoms with van der Waals surface area (Å²) in [4.78, 5) is 0. The molecule has 2 N–H and O–H groups in total. The fraction of sp³-hybridized carbons (Fsp3) is 0.500. The minimum absolute atomic E-state index is 0.244. The number of alkyl halides is 3. The Balaban J connectivity index is 2.87. The van der Waals surface area contributed by atoms with Gasteiger partial charge < -0.3 is 15.2 Å². The quantitative estimate of drug-likeness (QED) is 0.888. The van der Waals surface area contributed by atoms with Gasteiger partial charge in [-0.25, -0.2) is 0 Å². The SMILES string of the molecule is CCC(OC)C(N)c1cccc(OC(F)(F)F)c1. The first-order valence-corrected chi connectivity index (χ1v) is 5.51. The predicted octanol–water partition coefficient (Wildman–Crippen LogP) is 3.01. The summed E-state index contributed by atoms with van der Waals surface area (Å²) in [5.74, 6) is -0.276.